The minimum Gasteiger partial charge on any atom is -0.490 e. The van der Waals surface area contributed by atoms with E-state index in [0.717, 1.165) is 36.3 Å². The molecule has 0 N–H and O–H groups in total. The Bertz CT molecular complexity index is 374. The normalized spacial score (nSPS) is 25.3. The second-order valence-corrected chi connectivity index (χ2v) is 5.16. The summed E-state index contributed by atoms with van der Waals surface area (Å²) in [5.74, 6) is 1.67. The summed E-state index contributed by atoms with van der Waals surface area (Å²) in [7, 11) is 0. The molecule has 80 valence electrons. The minimum absolute atomic E-state index is 0.368. The molecule has 0 amide bonds. The van der Waals surface area contributed by atoms with Gasteiger partial charge in [-0.05, 0) is 36.6 Å². The summed E-state index contributed by atoms with van der Waals surface area (Å²) in [6.45, 7) is 1.74. The fourth-order valence-electron chi connectivity index (χ4n) is 2.18. The molecule has 1 unspecified atom stereocenters. The molecule has 0 bridgehead atoms. The van der Waals surface area contributed by atoms with Gasteiger partial charge < -0.3 is 9.47 Å². The van der Waals surface area contributed by atoms with E-state index in [2.05, 4.69) is 28.1 Å². The quantitative estimate of drug-likeness (QED) is 0.780. The van der Waals surface area contributed by atoms with E-state index in [-0.39, 0.29) is 0 Å². The molecule has 2 aliphatic rings. The first-order valence-electron chi connectivity index (χ1n) is 5.36. The van der Waals surface area contributed by atoms with Crippen LogP contribution in [0.15, 0.2) is 22.7 Å². The smallest absolute Gasteiger partial charge is 0.123 e. The summed E-state index contributed by atoms with van der Waals surface area (Å²) < 4.78 is 12.3. The third-order valence-electron chi connectivity index (χ3n) is 3.19. The van der Waals surface area contributed by atoms with Gasteiger partial charge in [0, 0.05) is 10.4 Å². The maximum atomic E-state index is 5.99. The lowest BCUT2D eigenvalue weighted by atomic mass is 9.92. The van der Waals surface area contributed by atoms with E-state index in [0.29, 0.717) is 12.0 Å². The van der Waals surface area contributed by atoms with E-state index in [1.165, 1.54) is 5.56 Å². The molecule has 2 aliphatic heterocycles. The minimum atomic E-state index is 0.368. The molecule has 0 saturated carbocycles. The Morgan fingerprint density at radius 2 is 2.13 bits per heavy atom. The zero-order chi connectivity index (χ0) is 10.3. The van der Waals surface area contributed by atoms with Gasteiger partial charge in [0.2, 0.25) is 0 Å². The fraction of sp³-hybridized carbons (Fsp3) is 0.500. The number of halogens is 1. The Morgan fingerprint density at radius 3 is 2.87 bits per heavy atom. The van der Waals surface area contributed by atoms with Crippen molar-refractivity contribution >= 4 is 15.9 Å². The van der Waals surface area contributed by atoms with E-state index in [1.807, 2.05) is 6.07 Å². The lowest BCUT2D eigenvalue weighted by molar-refractivity contribution is -0.0874. The van der Waals surface area contributed by atoms with E-state index in [1.54, 1.807) is 0 Å². The highest BCUT2D eigenvalue weighted by molar-refractivity contribution is 9.10. The van der Waals surface area contributed by atoms with Gasteiger partial charge in [-0.2, -0.15) is 0 Å². The van der Waals surface area contributed by atoms with Crippen LogP contribution in [-0.4, -0.2) is 19.3 Å². The third-order valence-corrected chi connectivity index (χ3v) is 3.68. The van der Waals surface area contributed by atoms with Crippen LogP contribution in [0, 0.1) is 5.92 Å². The van der Waals surface area contributed by atoms with Gasteiger partial charge in [-0.1, -0.05) is 15.9 Å². The summed E-state index contributed by atoms with van der Waals surface area (Å²) >= 11 is 3.48. The van der Waals surface area contributed by atoms with E-state index < -0.39 is 0 Å². The number of hydrogen-bond acceptors (Lipinski definition) is 2. The van der Waals surface area contributed by atoms with Crippen molar-refractivity contribution < 1.29 is 9.47 Å². The van der Waals surface area contributed by atoms with Crippen LogP contribution in [0.4, 0.5) is 0 Å². The number of hydrogen-bond donors (Lipinski definition) is 0. The molecule has 0 aromatic heterocycles. The predicted octanol–water partition coefficient (Wildman–Crippen LogP) is 2.79. The molecule has 0 radical (unpaired) electrons. The standard InChI is InChI=1S/C12H13BrO2/c13-10-2-4-11-8(5-10)1-3-12(15-11)9-6-14-7-9/h2,4-5,9,12H,1,3,6-7H2. The summed E-state index contributed by atoms with van der Waals surface area (Å²) in [5.41, 5.74) is 1.32. The molecule has 2 nitrogen and oxygen atoms in total. The van der Waals surface area contributed by atoms with Crippen molar-refractivity contribution in [3.8, 4) is 5.75 Å². The molecule has 1 fully saturated rings. The van der Waals surface area contributed by atoms with E-state index in [9.17, 15) is 0 Å². The summed E-state index contributed by atoms with van der Waals surface area (Å²) in [6.07, 6.45) is 2.61. The zero-order valence-electron chi connectivity index (χ0n) is 8.41. The first-order chi connectivity index (χ1) is 7.33. The van der Waals surface area contributed by atoms with Gasteiger partial charge in [0.25, 0.3) is 0 Å². The second-order valence-electron chi connectivity index (χ2n) is 4.24. The van der Waals surface area contributed by atoms with Gasteiger partial charge in [0.05, 0.1) is 13.2 Å². The molecular weight excluding hydrogens is 256 g/mol. The molecule has 1 saturated heterocycles. The van der Waals surface area contributed by atoms with Crippen LogP contribution in [0.3, 0.4) is 0 Å². The first-order valence-corrected chi connectivity index (χ1v) is 6.15. The van der Waals surface area contributed by atoms with E-state index in [4.69, 9.17) is 9.47 Å². The zero-order valence-corrected chi connectivity index (χ0v) is 10.00. The molecule has 0 aliphatic carbocycles. The van der Waals surface area contributed by atoms with Gasteiger partial charge in [-0.3, -0.25) is 0 Å². The van der Waals surface area contributed by atoms with Crippen molar-refractivity contribution in [2.24, 2.45) is 5.92 Å². The van der Waals surface area contributed by atoms with Gasteiger partial charge in [0.1, 0.15) is 11.9 Å². The molecule has 1 atom stereocenters. The lowest BCUT2D eigenvalue weighted by Gasteiger charge is -2.36. The number of aryl methyl sites for hydroxylation is 1. The van der Waals surface area contributed by atoms with Crippen LogP contribution in [0.1, 0.15) is 12.0 Å². The van der Waals surface area contributed by atoms with Crippen molar-refractivity contribution in [2.45, 2.75) is 18.9 Å². The van der Waals surface area contributed by atoms with Crippen LogP contribution in [0.25, 0.3) is 0 Å². The Labute approximate surface area is 97.7 Å². The number of benzene rings is 1. The average Bonchev–Trinajstić information content (AvgIpc) is 2.15. The van der Waals surface area contributed by atoms with Crippen LogP contribution in [0.5, 0.6) is 5.75 Å². The van der Waals surface area contributed by atoms with Crippen LogP contribution in [0.2, 0.25) is 0 Å². The summed E-state index contributed by atoms with van der Waals surface area (Å²) in [6, 6.07) is 6.26. The van der Waals surface area contributed by atoms with Crippen LogP contribution >= 0.6 is 15.9 Å². The topological polar surface area (TPSA) is 18.5 Å². The van der Waals surface area contributed by atoms with Gasteiger partial charge in [-0.25, -0.2) is 0 Å². The molecule has 0 spiro atoms. The number of ether oxygens (including phenoxy) is 2. The van der Waals surface area contributed by atoms with Crippen LogP contribution < -0.4 is 4.74 Å². The highest BCUT2D eigenvalue weighted by Crippen LogP contribution is 2.33. The number of rotatable bonds is 1. The Kier molecular flexibility index (Phi) is 2.45. The molecule has 15 heavy (non-hydrogen) atoms. The van der Waals surface area contributed by atoms with Gasteiger partial charge >= 0.3 is 0 Å². The SMILES string of the molecule is Brc1ccc2c(c1)CCC(C1COC1)O2. The maximum absolute atomic E-state index is 5.99. The van der Waals surface area contributed by atoms with Gasteiger partial charge in [0.15, 0.2) is 0 Å². The largest absolute Gasteiger partial charge is 0.490 e. The maximum Gasteiger partial charge on any atom is 0.123 e. The highest BCUT2D eigenvalue weighted by atomic mass is 79.9. The molecule has 3 heteroatoms. The Morgan fingerprint density at radius 1 is 1.27 bits per heavy atom. The molecule has 1 aromatic carbocycles. The summed E-state index contributed by atoms with van der Waals surface area (Å²) in [5, 5.41) is 0. The van der Waals surface area contributed by atoms with Crippen molar-refractivity contribution in [3.05, 3.63) is 28.2 Å². The predicted molar refractivity (Wildman–Crippen MR) is 61.2 cm³/mol. The fourth-order valence-corrected chi connectivity index (χ4v) is 2.59. The van der Waals surface area contributed by atoms with Crippen molar-refractivity contribution in [1.82, 2.24) is 0 Å². The lowest BCUT2D eigenvalue weighted by Crippen LogP contribution is -2.42. The average molecular weight is 269 g/mol. The molecular formula is C12H13BrO2. The van der Waals surface area contributed by atoms with Crippen molar-refractivity contribution in [2.75, 3.05) is 13.2 Å². The monoisotopic (exact) mass is 268 g/mol. The third kappa shape index (κ3) is 1.79. The van der Waals surface area contributed by atoms with Crippen molar-refractivity contribution in [1.29, 1.82) is 0 Å². The number of fused-ring (bicyclic) bond motifs is 1. The molecule has 2 heterocycles. The van der Waals surface area contributed by atoms with Crippen LogP contribution in [-0.2, 0) is 11.2 Å². The molecule has 1 aromatic rings. The second kappa shape index (κ2) is 3.80. The summed E-state index contributed by atoms with van der Waals surface area (Å²) in [4.78, 5) is 0. The Hall–Kier alpha value is -0.540. The molecule has 3 rings (SSSR count). The van der Waals surface area contributed by atoms with Crippen molar-refractivity contribution in [3.63, 3.8) is 0 Å². The first kappa shape index (κ1) is 9.67. The van der Waals surface area contributed by atoms with Gasteiger partial charge in [-0.15, -0.1) is 0 Å². The Balaban J connectivity index is 1.80. The highest BCUT2D eigenvalue weighted by Gasteiger charge is 2.32. The van der Waals surface area contributed by atoms with E-state index >= 15 is 0 Å².